The summed E-state index contributed by atoms with van der Waals surface area (Å²) in [5, 5.41) is 10.2. The quantitative estimate of drug-likeness (QED) is 0.378. The number of nitrogens with zero attached hydrogens (tertiary/aromatic N) is 5. The van der Waals surface area contributed by atoms with Gasteiger partial charge in [-0.1, -0.05) is 24.1 Å². The van der Waals surface area contributed by atoms with Crippen LogP contribution in [0, 0.1) is 20.8 Å². The molecule has 1 aliphatic rings. The highest BCUT2D eigenvalue weighted by atomic mass is 35.5. The van der Waals surface area contributed by atoms with E-state index in [0.29, 0.717) is 39.2 Å². The highest BCUT2D eigenvalue weighted by Crippen LogP contribution is 2.26. The largest absolute Gasteiger partial charge is 0.354 e. The molecule has 3 aromatic heterocycles. The predicted octanol–water partition coefficient (Wildman–Crippen LogP) is 4.33. The SMILES string of the molecule is Cc1ccc(Cl)cc1-n1nc(-c2c(C)nc3scc(CC(=O)NCCN4CCCCC4)n3c2=O)cc1C. The fourth-order valence-corrected chi connectivity index (χ4v) is 6.03. The molecule has 0 radical (unpaired) electrons. The molecule has 4 heterocycles. The number of carbonyl (C=O) groups is 1. The molecule has 5 rings (SSSR count). The van der Waals surface area contributed by atoms with Crippen molar-refractivity contribution in [3.05, 3.63) is 67.7 Å². The molecule has 0 bridgehead atoms. The summed E-state index contributed by atoms with van der Waals surface area (Å²) in [4.78, 5) is 34.1. The molecular weight excluding hydrogens is 508 g/mol. The van der Waals surface area contributed by atoms with Crippen LogP contribution in [0.25, 0.3) is 21.9 Å². The summed E-state index contributed by atoms with van der Waals surface area (Å²) in [6, 6.07) is 7.54. The van der Waals surface area contributed by atoms with Gasteiger partial charge in [0.1, 0.15) is 5.69 Å². The van der Waals surface area contributed by atoms with E-state index in [1.807, 2.05) is 50.4 Å². The molecule has 10 heteroatoms. The lowest BCUT2D eigenvalue weighted by molar-refractivity contribution is -0.120. The molecule has 8 nitrogen and oxygen atoms in total. The van der Waals surface area contributed by atoms with Crippen molar-refractivity contribution in [1.29, 1.82) is 0 Å². The number of hydrogen-bond acceptors (Lipinski definition) is 6. The maximum atomic E-state index is 13.7. The Hall–Kier alpha value is -3.01. The second kappa shape index (κ2) is 10.8. The molecule has 0 aliphatic carbocycles. The van der Waals surface area contributed by atoms with Gasteiger partial charge in [-0.2, -0.15) is 5.10 Å². The van der Waals surface area contributed by atoms with Crippen molar-refractivity contribution >= 4 is 33.8 Å². The van der Waals surface area contributed by atoms with Crippen LogP contribution in [0.4, 0.5) is 0 Å². The topological polar surface area (TPSA) is 84.5 Å². The van der Waals surface area contributed by atoms with Crippen LogP contribution in [0.15, 0.2) is 34.4 Å². The van der Waals surface area contributed by atoms with Crippen molar-refractivity contribution in [2.75, 3.05) is 26.2 Å². The average molecular weight is 539 g/mol. The number of piperidine rings is 1. The third-order valence-electron chi connectivity index (χ3n) is 6.90. The van der Waals surface area contributed by atoms with E-state index in [4.69, 9.17) is 16.7 Å². The van der Waals surface area contributed by atoms with Gasteiger partial charge in [0.15, 0.2) is 4.96 Å². The summed E-state index contributed by atoms with van der Waals surface area (Å²) in [6.07, 6.45) is 3.86. The normalized spacial score (nSPS) is 14.4. The fraction of sp³-hybridized carbons (Fsp3) is 0.407. The molecule has 1 saturated heterocycles. The number of fused-ring (bicyclic) bond motifs is 1. The number of nitrogens with one attached hydrogen (secondary N) is 1. The highest BCUT2D eigenvalue weighted by molar-refractivity contribution is 7.15. The molecule has 0 atom stereocenters. The van der Waals surface area contributed by atoms with E-state index in [1.165, 1.54) is 30.6 Å². The van der Waals surface area contributed by atoms with Gasteiger partial charge < -0.3 is 10.2 Å². The van der Waals surface area contributed by atoms with Crippen molar-refractivity contribution in [3.63, 3.8) is 0 Å². The number of thiazole rings is 1. The van der Waals surface area contributed by atoms with Crippen molar-refractivity contribution in [2.45, 2.75) is 46.5 Å². The van der Waals surface area contributed by atoms with Crippen molar-refractivity contribution in [3.8, 4) is 16.9 Å². The van der Waals surface area contributed by atoms with Gasteiger partial charge in [-0.05, 0) is 70.5 Å². The van der Waals surface area contributed by atoms with E-state index in [2.05, 4.69) is 15.2 Å². The van der Waals surface area contributed by atoms with Crippen molar-refractivity contribution in [1.82, 2.24) is 29.4 Å². The minimum Gasteiger partial charge on any atom is -0.354 e. The molecule has 1 amide bonds. The van der Waals surface area contributed by atoms with E-state index in [9.17, 15) is 9.59 Å². The van der Waals surface area contributed by atoms with Crippen LogP contribution in [-0.2, 0) is 11.2 Å². The van der Waals surface area contributed by atoms with Gasteiger partial charge in [-0.3, -0.25) is 14.0 Å². The lowest BCUT2D eigenvalue weighted by Crippen LogP contribution is -2.38. The van der Waals surface area contributed by atoms with E-state index in [-0.39, 0.29) is 17.9 Å². The second-order valence-electron chi connectivity index (χ2n) is 9.66. The maximum Gasteiger partial charge on any atom is 0.268 e. The number of rotatable bonds is 7. The van der Waals surface area contributed by atoms with Gasteiger partial charge in [-0.15, -0.1) is 11.3 Å². The molecule has 1 N–H and O–H groups in total. The van der Waals surface area contributed by atoms with E-state index in [1.54, 1.807) is 9.08 Å². The first kappa shape index (κ1) is 25.6. The molecule has 1 aromatic carbocycles. The molecule has 0 unspecified atom stereocenters. The second-order valence-corrected chi connectivity index (χ2v) is 10.9. The molecule has 4 aromatic rings. The third-order valence-corrected chi connectivity index (χ3v) is 8.01. The summed E-state index contributed by atoms with van der Waals surface area (Å²) in [5.74, 6) is -0.0951. The molecular formula is C27H31ClN6O2S. The Morgan fingerprint density at radius 1 is 1.14 bits per heavy atom. The Labute approximate surface area is 224 Å². The Kier molecular flexibility index (Phi) is 7.46. The van der Waals surface area contributed by atoms with Gasteiger partial charge in [0.05, 0.1) is 23.4 Å². The van der Waals surface area contributed by atoms with Crippen LogP contribution < -0.4 is 10.9 Å². The molecule has 0 saturated carbocycles. The molecule has 194 valence electrons. The number of hydrogen-bond donors (Lipinski definition) is 1. The predicted molar refractivity (Wildman–Crippen MR) is 148 cm³/mol. The first-order valence-electron chi connectivity index (χ1n) is 12.6. The van der Waals surface area contributed by atoms with Gasteiger partial charge in [-0.25, -0.2) is 9.67 Å². The molecule has 1 aliphatic heterocycles. The van der Waals surface area contributed by atoms with E-state index in [0.717, 1.165) is 36.6 Å². The summed E-state index contributed by atoms with van der Waals surface area (Å²) in [6.45, 7) is 9.42. The van der Waals surface area contributed by atoms with Crippen LogP contribution in [0.2, 0.25) is 5.02 Å². The first-order chi connectivity index (χ1) is 17.8. The number of carbonyl (C=O) groups excluding carboxylic acids is 1. The zero-order valence-electron chi connectivity index (χ0n) is 21.4. The van der Waals surface area contributed by atoms with Gasteiger partial charge in [0.2, 0.25) is 5.91 Å². The van der Waals surface area contributed by atoms with E-state index < -0.39 is 0 Å². The Morgan fingerprint density at radius 3 is 2.70 bits per heavy atom. The van der Waals surface area contributed by atoms with Crippen molar-refractivity contribution in [2.24, 2.45) is 0 Å². The third kappa shape index (κ3) is 5.35. The Balaban J connectivity index is 1.41. The number of halogens is 1. The van der Waals surface area contributed by atoms with Crippen LogP contribution in [0.5, 0.6) is 0 Å². The van der Waals surface area contributed by atoms with Gasteiger partial charge in [0, 0.05) is 34.9 Å². The van der Waals surface area contributed by atoms with Crippen LogP contribution in [0.1, 0.15) is 41.9 Å². The smallest absolute Gasteiger partial charge is 0.268 e. The summed E-state index contributed by atoms with van der Waals surface area (Å²) in [5.41, 5.74) is 4.77. The molecule has 0 spiro atoms. The fourth-order valence-electron chi connectivity index (χ4n) is 4.94. The standard InChI is InChI=1S/C27H31ClN6O2S/c1-17-7-8-20(28)14-23(17)34-18(2)13-22(31-34)25-19(3)30-27-33(26(25)36)21(16-37-27)15-24(35)29-9-12-32-10-5-4-6-11-32/h7-8,13-14,16H,4-6,9-12,15H2,1-3H3,(H,29,35). The van der Waals surface area contributed by atoms with Gasteiger partial charge >= 0.3 is 0 Å². The summed E-state index contributed by atoms with van der Waals surface area (Å²) >= 11 is 7.60. The zero-order valence-corrected chi connectivity index (χ0v) is 23.0. The monoisotopic (exact) mass is 538 g/mol. The number of benzene rings is 1. The Bertz CT molecular complexity index is 1520. The first-order valence-corrected chi connectivity index (χ1v) is 13.9. The van der Waals surface area contributed by atoms with Crippen LogP contribution in [0.3, 0.4) is 0 Å². The number of likely N-dealkylation sites (tertiary alicyclic amines) is 1. The zero-order chi connectivity index (χ0) is 26.1. The minimum absolute atomic E-state index is 0.0951. The molecule has 37 heavy (non-hydrogen) atoms. The van der Waals surface area contributed by atoms with Crippen molar-refractivity contribution < 1.29 is 4.79 Å². The highest BCUT2D eigenvalue weighted by Gasteiger charge is 2.20. The number of aromatic nitrogens is 4. The summed E-state index contributed by atoms with van der Waals surface area (Å²) in [7, 11) is 0. The number of amides is 1. The average Bonchev–Trinajstić information content (AvgIpc) is 3.44. The molecule has 1 fully saturated rings. The lowest BCUT2D eigenvalue weighted by atomic mass is 10.1. The van der Waals surface area contributed by atoms with Crippen LogP contribution >= 0.6 is 22.9 Å². The maximum absolute atomic E-state index is 13.7. The minimum atomic E-state index is -0.215. The summed E-state index contributed by atoms with van der Waals surface area (Å²) < 4.78 is 3.35. The van der Waals surface area contributed by atoms with Gasteiger partial charge in [0.25, 0.3) is 5.56 Å². The lowest BCUT2D eigenvalue weighted by Gasteiger charge is -2.26. The number of aryl methyl sites for hydroxylation is 3. The van der Waals surface area contributed by atoms with Crippen LogP contribution in [-0.4, -0.2) is 56.2 Å². The van der Waals surface area contributed by atoms with E-state index >= 15 is 0 Å². The Morgan fingerprint density at radius 2 is 1.92 bits per heavy atom.